The molecule has 1 aliphatic heterocycles. The third kappa shape index (κ3) is 4.19. The number of aromatic nitrogens is 1. The second kappa shape index (κ2) is 7.86. The lowest BCUT2D eigenvalue weighted by Crippen LogP contribution is -2.51. The molecule has 1 saturated heterocycles. The van der Waals surface area contributed by atoms with Crippen LogP contribution in [0.1, 0.15) is 28.5 Å². The number of piperazine rings is 1. The molecule has 0 aliphatic carbocycles. The van der Waals surface area contributed by atoms with Crippen LogP contribution >= 0.6 is 11.3 Å². The first kappa shape index (κ1) is 17.1. The Morgan fingerprint density at radius 2 is 2.12 bits per heavy atom. The fourth-order valence-electron chi connectivity index (χ4n) is 2.96. The molecule has 3 rings (SSSR count). The van der Waals surface area contributed by atoms with Crippen molar-refractivity contribution < 1.29 is 5.11 Å². The fraction of sp³-hybridized carbons (Fsp3) is 0.444. The van der Waals surface area contributed by atoms with Crippen LogP contribution in [0.25, 0.3) is 0 Å². The van der Waals surface area contributed by atoms with Gasteiger partial charge in [0, 0.05) is 43.8 Å². The predicted molar refractivity (Wildman–Crippen MR) is 94.3 cm³/mol. The first-order valence-corrected chi connectivity index (χ1v) is 9.00. The van der Waals surface area contributed by atoms with Gasteiger partial charge < -0.3 is 5.11 Å². The summed E-state index contributed by atoms with van der Waals surface area (Å²) in [5.74, 6) is 0. The van der Waals surface area contributed by atoms with E-state index < -0.39 is 6.10 Å². The maximum absolute atomic E-state index is 9.58. The number of nitriles is 1. The van der Waals surface area contributed by atoms with E-state index in [-0.39, 0.29) is 6.04 Å². The third-order valence-electron chi connectivity index (χ3n) is 4.26. The third-order valence-corrected chi connectivity index (χ3v) is 5.41. The SMILES string of the molecule is C[C@@H](O)c1ncc(CN2CCN(Cc3ccccc3)[C@H](C#N)C2)s1. The van der Waals surface area contributed by atoms with Crippen molar-refractivity contribution in [2.45, 2.75) is 32.2 Å². The lowest BCUT2D eigenvalue weighted by Gasteiger charge is -2.38. The molecule has 1 aromatic carbocycles. The highest BCUT2D eigenvalue weighted by Gasteiger charge is 2.27. The Bertz CT molecular complexity index is 695. The summed E-state index contributed by atoms with van der Waals surface area (Å²) in [6.07, 6.45) is 1.32. The number of aliphatic hydroxyl groups excluding tert-OH is 1. The van der Waals surface area contributed by atoms with Crippen molar-refractivity contribution in [3.8, 4) is 6.07 Å². The molecule has 1 aliphatic rings. The van der Waals surface area contributed by atoms with Gasteiger partial charge in [-0.15, -0.1) is 11.3 Å². The quantitative estimate of drug-likeness (QED) is 0.904. The van der Waals surface area contributed by atoms with Crippen LogP contribution in [0.3, 0.4) is 0 Å². The van der Waals surface area contributed by atoms with Gasteiger partial charge in [-0.2, -0.15) is 5.26 Å². The van der Waals surface area contributed by atoms with Crippen molar-refractivity contribution in [3.63, 3.8) is 0 Å². The number of benzene rings is 1. The smallest absolute Gasteiger partial charge is 0.121 e. The van der Waals surface area contributed by atoms with Crippen molar-refractivity contribution in [3.05, 3.63) is 52.0 Å². The Morgan fingerprint density at radius 3 is 2.79 bits per heavy atom. The van der Waals surface area contributed by atoms with Gasteiger partial charge in [0.15, 0.2) is 0 Å². The average Bonchev–Trinajstić information content (AvgIpc) is 3.06. The van der Waals surface area contributed by atoms with Crippen LogP contribution in [-0.4, -0.2) is 45.6 Å². The summed E-state index contributed by atoms with van der Waals surface area (Å²) < 4.78 is 0. The van der Waals surface area contributed by atoms with Crippen LogP contribution < -0.4 is 0 Å². The molecule has 0 radical (unpaired) electrons. The van der Waals surface area contributed by atoms with Gasteiger partial charge in [-0.05, 0) is 12.5 Å². The van der Waals surface area contributed by atoms with Crippen LogP contribution in [0.2, 0.25) is 0 Å². The summed E-state index contributed by atoms with van der Waals surface area (Å²) in [6, 6.07) is 12.7. The second-order valence-corrected chi connectivity index (χ2v) is 7.32. The summed E-state index contributed by atoms with van der Waals surface area (Å²) in [7, 11) is 0. The van der Waals surface area contributed by atoms with E-state index in [0.717, 1.165) is 42.6 Å². The molecule has 2 heterocycles. The molecule has 5 nitrogen and oxygen atoms in total. The predicted octanol–water partition coefficient (Wildman–Crippen LogP) is 2.41. The molecular weight excluding hydrogens is 320 g/mol. The molecule has 1 N–H and O–H groups in total. The Morgan fingerprint density at radius 1 is 1.33 bits per heavy atom. The lowest BCUT2D eigenvalue weighted by molar-refractivity contribution is 0.0908. The van der Waals surface area contributed by atoms with E-state index in [4.69, 9.17) is 0 Å². The summed E-state index contributed by atoms with van der Waals surface area (Å²) in [4.78, 5) is 9.95. The molecule has 2 aromatic rings. The fourth-order valence-corrected chi connectivity index (χ4v) is 3.86. The number of nitrogens with zero attached hydrogens (tertiary/aromatic N) is 4. The number of aliphatic hydroxyl groups is 1. The Hall–Kier alpha value is -1.78. The number of hydrogen-bond donors (Lipinski definition) is 1. The van der Waals surface area contributed by atoms with Crippen LogP contribution in [0, 0.1) is 11.3 Å². The zero-order valence-electron chi connectivity index (χ0n) is 13.8. The minimum Gasteiger partial charge on any atom is -0.386 e. The van der Waals surface area contributed by atoms with E-state index in [1.54, 1.807) is 18.3 Å². The zero-order chi connectivity index (χ0) is 16.9. The van der Waals surface area contributed by atoms with E-state index in [1.807, 2.05) is 24.4 Å². The van der Waals surface area contributed by atoms with E-state index in [9.17, 15) is 10.4 Å². The highest BCUT2D eigenvalue weighted by molar-refractivity contribution is 7.11. The maximum atomic E-state index is 9.58. The molecule has 126 valence electrons. The van der Waals surface area contributed by atoms with Crippen molar-refractivity contribution in [1.29, 1.82) is 5.26 Å². The largest absolute Gasteiger partial charge is 0.386 e. The first-order chi connectivity index (χ1) is 11.7. The van der Waals surface area contributed by atoms with Gasteiger partial charge in [0.2, 0.25) is 0 Å². The summed E-state index contributed by atoms with van der Waals surface area (Å²) >= 11 is 1.55. The van der Waals surface area contributed by atoms with E-state index in [0.29, 0.717) is 0 Å². The van der Waals surface area contributed by atoms with Crippen molar-refractivity contribution in [1.82, 2.24) is 14.8 Å². The monoisotopic (exact) mass is 342 g/mol. The van der Waals surface area contributed by atoms with Crippen LogP contribution in [-0.2, 0) is 13.1 Å². The Balaban J connectivity index is 1.59. The molecule has 0 amide bonds. The summed E-state index contributed by atoms with van der Waals surface area (Å²) in [6.45, 7) is 5.91. The molecule has 0 bridgehead atoms. The highest BCUT2D eigenvalue weighted by Crippen LogP contribution is 2.22. The van der Waals surface area contributed by atoms with Crippen molar-refractivity contribution in [2.75, 3.05) is 19.6 Å². The number of thiazole rings is 1. The lowest BCUT2D eigenvalue weighted by atomic mass is 10.1. The van der Waals surface area contributed by atoms with Gasteiger partial charge in [0.1, 0.15) is 17.2 Å². The number of rotatable bonds is 5. The van der Waals surface area contributed by atoms with Crippen molar-refractivity contribution >= 4 is 11.3 Å². The van der Waals surface area contributed by atoms with Crippen LogP contribution in [0.5, 0.6) is 0 Å². The normalized spacial score (nSPS) is 20.6. The molecule has 0 spiro atoms. The first-order valence-electron chi connectivity index (χ1n) is 8.18. The van der Waals surface area contributed by atoms with Gasteiger partial charge >= 0.3 is 0 Å². The molecule has 2 atom stereocenters. The Kier molecular flexibility index (Phi) is 5.59. The zero-order valence-corrected chi connectivity index (χ0v) is 14.6. The van der Waals surface area contributed by atoms with E-state index in [1.165, 1.54) is 5.56 Å². The summed E-state index contributed by atoms with van der Waals surface area (Å²) in [5.41, 5.74) is 1.25. The Labute approximate surface area is 146 Å². The minimum absolute atomic E-state index is 0.0943. The maximum Gasteiger partial charge on any atom is 0.121 e. The van der Waals surface area contributed by atoms with E-state index in [2.05, 4.69) is 33.0 Å². The average molecular weight is 342 g/mol. The molecule has 0 unspecified atom stereocenters. The van der Waals surface area contributed by atoms with Gasteiger partial charge in [-0.1, -0.05) is 30.3 Å². The molecule has 1 aromatic heterocycles. The van der Waals surface area contributed by atoms with Crippen LogP contribution in [0.4, 0.5) is 0 Å². The molecule has 0 saturated carbocycles. The van der Waals surface area contributed by atoms with Gasteiger partial charge in [0.25, 0.3) is 0 Å². The van der Waals surface area contributed by atoms with Gasteiger partial charge in [-0.25, -0.2) is 4.98 Å². The van der Waals surface area contributed by atoms with E-state index >= 15 is 0 Å². The van der Waals surface area contributed by atoms with Crippen molar-refractivity contribution in [2.24, 2.45) is 0 Å². The number of hydrogen-bond acceptors (Lipinski definition) is 6. The molecule has 6 heteroatoms. The van der Waals surface area contributed by atoms with Crippen LogP contribution in [0.15, 0.2) is 36.5 Å². The topological polar surface area (TPSA) is 63.4 Å². The molecular formula is C18H22N4OS. The standard InChI is InChI=1S/C18H22N4OS/c1-14(23)18-20-10-17(24-18)13-21-7-8-22(16(9-19)12-21)11-15-5-3-2-4-6-15/h2-6,10,14,16,23H,7-8,11-13H2,1H3/t14-,16-/m1/s1. The second-order valence-electron chi connectivity index (χ2n) is 6.18. The van der Waals surface area contributed by atoms with Gasteiger partial charge in [-0.3, -0.25) is 9.80 Å². The molecule has 1 fully saturated rings. The molecule has 24 heavy (non-hydrogen) atoms. The minimum atomic E-state index is -0.515. The highest BCUT2D eigenvalue weighted by atomic mass is 32.1. The summed E-state index contributed by atoms with van der Waals surface area (Å²) in [5, 5.41) is 19.9. The van der Waals surface area contributed by atoms with Gasteiger partial charge in [0.05, 0.1) is 6.07 Å².